The number of hydrogen-bond donors (Lipinski definition) is 0. The smallest absolute Gasteiger partial charge is 0.320 e. The molecule has 0 unspecified atom stereocenters. The lowest BCUT2D eigenvalue weighted by Crippen LogP contribution is -2.09. The van der Waals surface area contributed by atoms with Crippen molar-refractivity contribution in [2.45, 2.75) is 0 Å². The molecule has 0 aliphatic rings. The summed E-state index contributed by atoms with van der Waals surface area (Å²) in [4.78, 5) is 0. The third-order valence-corrected chi connectivity index (χ3v) is 3.10. The molecular weight excluding hydrogens is 268 g/mol. The number of hydrogen-bond acceptors (Lipinski definition) is 6. The van der Waals surface area contributed by atoms with E-state index in [9.17, 15) is 16.8 Å². The summed E-state index contributed by atoms with van der Waals surface area (Å²) in [6.07, 6.45) is 11.4. The van der Waals surface area contributed by atoms with Crippen LogP contribution in [0.4, 0.5) is 0 Å². The molecule has 17 heavy (non-hydrogen) atoms. The van der Waals surface area contributed by atoms with Crippen LogP contribution in [-0.2, 0) is 28.6 Å². The van der Waals surface area contributed by atoms with Crippen LogP contribution in [0.25, 0.3) is 0 Å². The molecule has 0 heterocycles. The van der Waals surface area contributed by atoms with Crippen LogP contribution in [0.5, 0.6) is 0 Å². The van der Waals surface area contributed by atoms with Crippen molar-refractivity contribution in [2.24, 2.45) is 0 Å². The van der Waals surface area contributed by atoms with Crippen molar-refractivity contribution in [3.8, 4) is 24.7 Å². The van der Waals surface area contributed by atoms with Crippen molar-refractivity contribution >= 4 is 20.2 Å². The molecular formula is C9H10O6S2. The van der Waals surface area contributed by atoms with Gasteiger partial charge in [-0.05, 0) is 6.08 Å². The molecule has 0 radical (unpaired) electrons. The zero-order valence-electron chi connectivity index (χ0n) is 8.70. The molecule has 0 aromatic rings. The van der Waals surface area contributed by atoms with Gasteiger partial charge in [0.2, 0.25) is 0 Å². The zero-order valence-corrected chi connectivity index (χ0v) is 10.3. The molecule has 0 bridgehead atoms. The van der Waals surface area contributed by atoms with E-state index < -0.39 is 31.7 Å². The van der Waals surface area contributed by atoms with E-state index >= 15 is 0 Å². The average molecular weight is 278 g/mol. The van der Waals surface area contributed by atoms with Crippen molar-refractivity contribution in [2.75, 3.05) is 18.1 Å². The van der Waals surface area contributed by atoms with E-state index in [4.69, 9.17) is 12.8 Å². The van der Waals surface area contributed by atoms with Gasteiger partial charge in [-0.3, -0.25) is 4.18 Å². The van der Waals surface area contributed by atoms with Gasteiger partial charge in [0, 0.05) is 0 Å². The van der Waals surface area contributed by atoms with E-state index in [2.05, 4.69) is 8.37 Å². The minimum Gasteiger partial charge on any atom is -0.390 e. The van der Waals surface area contributed by atoms with Crippen LogP contribution in [0.3, 0.4) is 0 Å². The third kappa shape index (κ3) is 8.34. The normalized spacial score (nSPS) is 11.9. The first-order valence-electron chi connectivity index (χ1n) is 4.13. The molecule has 0 rings (SSSR count). The topological polar surface area (TPSA) is 86.7 Å². The molecule has 0 aliphatic carbocycles. The molecule has 0 amide bonds. The first kappa shape index (κ1) is 15.5. The highest BCUT2D eigenvalue weighted by Crippen LogP contribution is 1.95. The Morgan fingerprint density at radius 2 is 1.53 bits per heavy atom. The first-order chi connectivity index (χ1) is 7.83. The summed E-state index contributed by atoms with van der Waals surface area (Å²) in [6, 6.07) is 0. The Bertz CT molecular complexity index is 541. The van der Waals surface area contributed by atoms with Crippen LogP contribution < -0.4 is 0 Å². The highest BCUT2D eigenvalue weighted by atomic mass is 32.2. The van der Waals surface area contributed by atoms with Crippen molar-refractivity contribution in [1.29, 1.82) is 0 Å². The molecule has 8 heteroatoms. The van der Waals surface area contributed by atoms with Crippen LogP contribution in [0.1, 0.15) is 0 Å². The minimum atomic E-state index is -3.82. The largest absolute Gasteiger partial charge is 0.390 e. The van der Waals surface area contributed by atoms with Crippen LogP contribution in [0, 0.1) is 24.7 Å². The lowest BCUT2D eigenvalue weighted by Gasteiger charge is -1.99. The first-order valence-corrected chi connectivity index (χ1v) is 7.28. The molecule has 0 saturated carbocycles. The molecule has 0 atom stereocenters. The van der Waals surface area contributed by atoms with Gasteiger partial charge in [-0.15, -0.1) is 12.8 Å². The molecule has 0 spiro atoms. The second-order valence-corrected chi connectivity index (χ2v) is 5.80. The van der Waals surface area contributed by atoms with E-state index in [1.54, 1.807) is 0 Å². The Morgan fingerprint density at radius 1 is 1.00 bits per heavy atom. The highest BCUT2D eigenvalue weighted by molar-refractivity contribution is 7.87. The quantitative estimate of drug-likeness (QED) is 0.353. The third-order valence-electron chi connectivity index (χ3n) is 1.16. The Morgan fingerprint density at radius 3 is 2.06 bits per heavy atom. The number of terminal acetylenes is 2. The van der Waals surface area contributed by atoms with E-state index in [0.29, 0.717) is 0 Å². The second-order valence-electron chi connectivity index (χ2n) is 2.56. The Labute approximate surface area is 101 Å². The van der Waals surface area contributed by atoms with Crippen LogP contribution in [0.15, 0.2) is 12.3 Å². The van der Waals surface area contributed by atoms with E-state index in [-0.39, 0.29) is 6.61 Å². The van der Waals surface area contributed by atoms with Gasteiger partial charge in [0.15, 0.2) is 0 Å². The van der Waals surface area contributed by atoms with E-state index in [1.165, 1.54) is 0 Å². The fourth-order valence-electron chi connectivity index (χ4n) is 0.586. The van der Waals surface area contributed by atoms with Crippen LogP contribution in [-0.4, -0.2) is 34.9 Å². The average Bonchev–Trinajstić information content (AvgIpc) is 2.16. The summed E-state index contributed by atoms with van der Waals surface area (Å²) >= 11 is 0. The van der Waals surface area contributed by atoms with Crippen LogP contribution >= 0.6 is 0 Å². The van der Waals surface area contributed by atoms with Gasteiger partial charge >= 0.3 is 10.1 Å². The van der Waals surface area contributed by atoms with Gasteiger partial charge in [0.25, 0.3) is 10.1 Å². The van der Waals surface area contributed by atoms with Crippen molar-refractivity contribution in [1.82, 2.24) is 0 Å². The fraction of sp³-hybridized carbons (Fsp3) is 0.333. The summed E-state index contributed by atoms with van der Waals surface area (Å²) in [7, 11) is -7.60. The predicted molar refractivity (Wildman–Crippen MR) is 61.4 cm³/mol. The summed E-state index contributed by atoms with van der Waals surface area (Å²) in [5.74, 6) is 2.66. The lowest BCUT2D eigenvalue weighted by molar-refractivity contribution is 0.355. The maximum Gasteiger partial charge on any atom is 0.320 e. The molecule has 0 aliphatic heterocycles. The monoisotopic (exact) mass is 278 g/mol. The summed E-state index contributed by atoms with van der Waals surface area (Å²) in [5.41, 5.74) is 0. The van der Waals surface area contributed by atoms with Crippen molar-refractivity contribution in [3.63, 3.8) is 0 Å². The lowest BCUT2D eigenvalue weighted by atomic mass is 10.7. The molecule has 0 fully saturated rings. The van der Waals surface area contributed by atoms with Crippen molar-refractivity contribution in [3.05, 3.63) is 12.3 Å². The minimum absolute atomic E-state index is 0.379. The summed E-state index contributed by atoms with van der Waals surface area (Å²) in [6.45, 7) is -0.379. The van der Waals surface area contributed by atoms with Gasteiger partial charge < -0.3 is 4.18 Å². The molecule has 0 N–H and O–H groups in total. The number of rotatable bonds is 7. The molecule has 6 nitrogen and oxygen atoms in total. The SMILES string of the molecule is C#CCS(=O)(=O)OC=CCOS(=O)(=O)CC#C. The summed E-state index contributed by atoms with van der Waals surface area (Å²) in [5, 5.41) is 0. The van der Waals surface area contributed by atoms with Gasteiger partial charge in [-0.25, -0.2) is 0 Å². The second kappa shape index (κ2) is 6.97. The maximum atomic E-state index is 10.9. The standard InChI is InChI=1S/C9H10O6S2/c1-3-8-16(10,11)14-6-5-7-15-17(12,13)9-4-2/h1-2,5-6H,7-9H2. The van der Waals surface area contributed by atoms with Gasteiger partial charge in [-0.1, -0.05) is 11.8 Å². The van der Waals surface area contributed by atoms with Gasteiger partial charge in [0.1, 0.15) is 17.8 Å². The molecule has 94 valence electrons. The zero-order chi connectivity index (χ0) is 13.4. The van der Waals surface area contributed by atoms with Gasteiger partial charge in [0.05, 0.1) is 6.61 Å². The predicted octanol–water partition coefficient (Wildman–Crippen LogP) is -0.541. The van der Waals surface area contributed by atoms with E-state index in [1.807, 2.05) is 11.8 Å². The molecule has 0 aromatic carbocycles. The van der Waals surface area contributed by atoms with Gasteiger partial charge in [-0.2, -0.15) is 16.8 Å². The van der Waals surface area contributed by atoms with E-state index in [0.717, 1.165) is 12.3 Å². The Hall–Kier alpha value is -1.48. The fourth-order valence-corrected chi connectivity index (χ4v) is 1.68. The van der Waals surface area contributed by atoms with Crippen molar-refractivity contribution < 1.29 is 25.2 Å². The Kier molecular flexibility index (Phi) is 6.36. The summed E-state index contributed by atoms with van der Waals surface area (Å²) < 4.78 is 52.3. The maximum absolute atomic E-state index is 10.9. The van der Waals surface area contributed by atoms with Crippen LogP contribution in [0.2, 0.25) is 0 Å². The highest BCUT2D eigenvalue weighted by Gasteiger charge is 2.08. The Balaban J connectivity index is 4.09. The molecule has 0 aromatic heterocycles. The molecule has 0 saturated heterocycles.